The number of pyridine rings is 1. The van der Waals surface area contributed by atoms with Gasteiger partial charge >= 0.3 is 0 Å². The fraction of sp³-hybridized carbons (Fsp3) is 0.154. The lowest BCUT2D eigenvalue weighted by Crippen LogP contribution is -1.98. The third kappa shape index (κ3) is 2.13. The van der Waals surface area contributed by atoms with E-state index in [1.807, 2.05) is 35.6 Å². The third-order valence-corrected chi connectivity index (χ3v) is 3.11. The van der Waals surface area contributed by atoms with Crippen molar-refractivity contribution in [3.8, 4) is 23.0 Å². The van der Waals surface area contributed by atoms with E-state index in [0.29, 0.717) is 5.02 Å². The number of hydrogen-bond acceptors (Lipinski definition) is 3. The van der Waals surface area contributed by atoms with Crippen LogP contribution in [0.4, 0.5) is 0 Å². The largest absolute Gasteiger partial charge is 0.333 e. The van der Waals surface area contributed by atoms with Gasteiger partial charge in [-0.1, -0.05) is 11.6 Å². The summed E-state index contributed by atoms with van der Waals surface area (Å²) in [5.41, 5.74) is 1.47. The highest BCUT2D eigenvalue weighted by Gasteiger charge is 2.11. The lowest BCUT2D eigenvalue weighted by molar-refractivity contribution is 0.907. The Balaban J connectivity index is 2.17. The lowest BCUT2D eigenvalue weighted by atomic mass is 10.2. The molecule has 0 radical (unpaired) electrons. The smallest absolute Gasteiger partial charge is 0.158 e. The highest BCUT2D eigenvalue weighted by atomic mass is 35.5. The summed E-state index contributed by atoms with van der Waals surface area (Å²) in [4.78, 5) is 13.2. The summed E-state index contributed by atoms with van der Waals surface area (Å²) in [5, 5.41) is 0.617. The maximum atomic E-state index is 6.17. The highest BCUT2D eigenvalue weighted by molar-refractivity contribution is 6.31. The van der Waals surface area contributed by atoms with E-state index in [2.05, 4.69) is 15.0 Å². The molecule has 0 bridgehead atoms. The van der Waals surface area contributed by atoms with Crippen LogP contribution in [-0.4, -0.2) is 24.1 Å². The Morgan fingerprint density at radius 2 is 1.37 bits per heavy atom. The molecule has 0 atom stereocenters. The minimum absolute atomic E-state index is 0.617. The molecular formula is C13H12ClN5. The SMILES string of the molecule is Cn1ccnc1-c1cc(Cl)cc(-c2nccn2C)n1. The predicted molar refractivity (Wildman–Crippen MR) is 73.7 cm³/mol. The van der Waals surface area contributed by atoms with Gasteiger partial charge in [0.15, 0.2) is 11.6 Å². The fourth-order valence-corrected chi connectivity index (χ4v) is 2.16. The topological polar surface area (TPSA) is 48.5 Å². The van der Waals surface area contributed by atoms with Crippen LogP contribution in [0.15, 0.2) is 36.9 Å². The Morgan fingerprint density at radius 3 is 1.74 bits per heavy atom. The molecule has 0 unspecified atom stereocenters. The summed E-state index contributed by atoms with van der Waals surface area (Å²) < 4.78 is 3.81. The molecule has 3 rings (SSSR count). The van der Waals surface area contributed by atoms with Gasteiger partial charge in [-0.05, 0) is 12.1 Å². The van der Waals surface area contributed by atoms with Crippen molar-refractivity contribution in [3.63, 3.8) is 0 Å². The Labute approximate surface area is 115 Å². The number of aryl methyl sites for hydroxylation is 2. The van der Waals surface area contributed by atoms with Crippen LogP contribution in [0, 0.1) is 0 Å². The van der Waals surface area contributed by atoms with Crippen molar-refractivity contribution in [3.05, 3.63) is 41.9 Å². The van der Waals surface area contributed by atoms with Crippen LogP contribution in [0.1, 0.15) is 0 Å². The Kier molecular flexibility index (Phi) is 2.83. The first-order valence-corrected chi connectivity index (χ1v) is 6.16. The fourth-order valence-electron chi connectivity index (χ4n) is 1.95. The Bertz CT molecular complexity index is 670. The zero-order valence-corrected chi connectivity index (χ0v) is 11.3. The average molecular weight is 274 g/mol. The number of aromatic nitrogens is 5. The molecule has 0 aliphatic heterocycles. The minimum atomic E-state index is 0.617. The molecule has 0 saturated heterocycles. The third-order valence-electron chi connectivity index (χ3n) is 2.89. The van der Waals surface area contributed by atoms with E-state index in [1.165, 1.54) is 0 Å². The zero-order chi connectivity index (χ0) is 13.4. The summed E-state index contributed by atoms with van der Waals surface area (Å²) in [6, 6.07) is 3.60. The molecule has 0 fully saturated rings. The van der Waals surface area contributed by atoms with Crippen LogP contribution < -0.4 is 0 Å². The van der Waals surface area contributed by atoms with Gasteiger partial charge in [0.2, 0.25) is 0 Å². The molecule has 0 saturated carbocycles. The van der Waals surface area contributed by atoms with Crippen molar-refractivity contribution < 1.29 is 0 Å². The maximum Gasteiger partial charge on any atom is 0.158 e. The number of hydrogen-bond donors (Lipinski definition) is 0. The highest BCUT2D eigenvalue weighted by Crippen LogP contribution is 2.24. The average Bonchev–Trinajstić information content (AvgIpc) is 2.97. The van der Waals surface area contributed by atoms with E-state index in [4.69, 9.17) is 11.6 Å². The minimum Gasteiger partial charge on any atom is -0.333 e. The van der Waals surface area contributed by atoms with Crippen LogP contribution in [0.25, 0.3) is 23.0 Å². The van der Waals surface area contributed by atoms with Gasteiger partial charge in [0.05, 0.1) is 0 Å². The summed E-state index contributed by atoms with van der Waals surface area (Å²) in [7, 11) is 3.84. The van der Waals surface area contributed by atoms with E-state index in [1.54, 1.807) is 24.5 Å². The van der Waals surface area contributed by atoms with Gasteiger partial charge in [0, 0.05) is 43.9 Å². The van der Waals surface area contributed by atoms with Crippen LogP contribution >= 0.6 is 11.6 Å². The quantitative estimate of drug-likeness (QED) is 0.721. The van der Waals surface area contributed by atoms with Crippen molar-refractivity contribution in [1.29, 1.82) is 0 Å². The molecule has 19 heavy (non-hydrogen) atoms. The van der Waals surface area contributed by atoms with Crippen molar-refractivity contribution >= 4 is 11.6 Å². The molecule has 3 aromatic rings. The number of rotatable bonds is 2. The molecule has 96 valence electrons. The molecule has 5 nitrogen and oxygen atoms in total. The molecule has 0 aromatic carbocycles. The second-order valence-corrected chi connectivity index (χ2v) is 4.72. The van der Waals surface area contributed by atoms with Crippen molar-refractivity contribution in [2.45, 2.75) is 0 Å². The summed E-state index contributed by atoms with van der Waals surface area (Å²) in [6.45, 7) is 0. The van der Waals surface area contributed by atoms with Gasteiger partial charge in [-0.15, -0.1) is 0 Å². The standard InChI is InChI=1S/C13H12ClN5/c1-18-5-3-15-12(18)10-7-9(14)8-11(17-10)13-16-4-6-19(13)2/h3-8H,1-2H3. The number of halogens is 1. The van der Waals surface area contributed by atoms with Crippen LogP contribution in [0.2, 0.25) is 5.02 Å². The monoisotopic (exact) mass is 273 g/mol. The van der Waals surface area contributed by atoms with Crippen molar-refractivity contribution in [2.75, 3.05) is 0 Å². The van der Waals surface area contributed by atoms with E-state index in [0.717, 1.165) is 23.0 Å². The molecule has 3 heterocycles. The number of nitrogens with zero attached hydrogens (tertiary/aromatic N) is 5. The number of imidazole rings is 2. The molecular weight excluding hydrogens is 262 g/mol. The molecule has 0 aliphatic rings. The summed E-state index contributed by atoms with van der Waals surface area (Å²) in [6.07, 6.45) is 7.22. The summed E-state index contributed by atoms with van der Waals surface area (Å²) in [5.74, 6) is 1.55. The summed E-state index contributed by atoms with van der Waals surface area (Å²) >= 11 is 6.17. The first-order valence-electron chi connectivity index (χ1n) is 5.78. The van der Waals surface area contributed by atoms with Gasteiger partial charge in [-0.2, -0.15) is 0 Å². The molecule has 0 N–H and O–H groups in total. The van der Waals surface area contributed by atoms with Gasteiger partial charge < -0.3 is 9.13 Å². The predicted octanol–water partition coefficient (Wildman–Crippen LogP) is 2.54. The lowest BCUT2D eigenvalue weighted by Gasteiger charge is -2.06. The van der Waals surface area contributed by atoms with Crippen molar-refractivity contribution in [1.82, 2.24) is 24.1 Å². The van der Waals surface area contributed by atoms with E-state index in [-0.39, 0.29) is 0 Å². The zero-order valence-electron chi connectivity index (χ0n) is 10.6. The van der Waals surface area contributed by atoms with Crippen LogP contribution in [0.3, 0.4) is 0 Å². The van der Waals surface area contributed by atoms with Gasteiger partial charge in [0.1, 0.15) is 11.4 Å². The normalized spacial score (nSPS) is 10.9. The second-order valence-electron chi connectivity index (χ2n) is 4.28. The van der Waals surface area contributed by atoms with E-state index in [9.17, 15) is 0 Å². The first kappa shape index (κ1) is 11.9. The second kappa shape index (κ2) is 4.51. The van der Waals surface area contributed by atoms with Gasteiger partial charge in [-0.3, -0.25) is 0 Å². The molecule has 6 heteroatoms. The Hall–Kier alpha value is -2.14. The molecule has 0 aliphatic carbocycles. The molecule has 3 aromatic heterocycles. The first-order chi connectivity index (χ1) is 9.15. The van der Waals surface area contributed by atoms with E-state index < -0.39 is 0 Å². The molecule has 0 amide bonds. The van der Waals surface area contributed by atoms with Crippen molar-refractivity contribution in [2.24, 2.45) is 14.1 Å². The van der Waals surface area contributed by atoms with Gasteiger partial charge in [0.25, 0.3) is 0 Å². The van der Waals surface area contributed by atoms with E-state index >= 15 is 0 Å². The maximum absolute atomic E-state index is 6.17. The van der Waals surface area contributed by atoms with Crippen LogP contribution in [-0.2, 0) is 14.1 Å². The molecule has 0 spiro atoms. The Morgan fingerprint density at radius 1 is 0.895 bits per heavy atom. The van der Waals surface area contributed by atoms with Crippen LogP contribution in [0.5, 0.6) is 0 Å². The van der Waals surface area contributed by atoms with Gasteiger partial charge in [-0.25, -0.2) is 15.0 Å².